The zero-order chi connectivity index (χ0) is 13.1. The molecule has 0 saturated heterocycles. The van der Waals surface area contributed by atoms with Crippen molar-refractivity contribution in [2.45, 2.75) is 6.92 Å². The Hall–Kier alpha value is -1.76. The third-order valence-electron chi connectivity index (χ3n) is 2.46. The standard InChI is InChI=1S/C13H9Cl2N3/c1-8-4-5-9(14)13(12(8)15)18-10-3-2-6-17-11(10)7-16/h2-6,18H,1H3. The molecule has 0 saturated carbocycles. The van der Waals surface area contributed by atoms with Gasteiger partial charge >= 0.3 is 0 Å². The van der Waals surface area contributed by atoms with Gasteiger partial charge in [0, 0.05) is 6.20 Å². The number of hydrogen-bond acceptors (Lipinski definition) is 3. The van der Waals surface area contributed by atoms with E-state index in [4.69, 9.17) is 28.5 Å². The highest BCUT2D eigenvalue weighted by atomic mass is 35.5. The first-order valence-corrected chi connectivity index (χ1v) is 5.96. The summed E-state index contributed by atoms with van der Waals surface area (Å²) in [5.41, 5.74) is 2.37. The highest BCUT2D eigenvalue weighted by molar-refractivity contribution is 6.39. The van der Waals surface area contributed by atoms with Crippen molar-refractivity contribution >= 4 is 34.6 Å². The summed E-state index contributed by atoms with van der Waals surface area (Å²) >= 11 is 12.3. The van der Waals surface area contributed by atoms with Gasteiger partial charge in [0.25, 0.3) is 0 Å². The SMILES string of the molecule is Cc1ccc(Cl)c(Nc2cccnc2C#N)c1Cl. The minimum Gasteiger partial charge on any atom is -0.351 e. The first-order valence-electron chi connectivity index (χ1n) is 5.20. The molecule has 2 rings (SSSR count). The Morgan fingerprint density at radius 3 is 2.78 bits per heavy atom. The number of nitriles is 1. The van der Waals surface area contributed by atoms with E-state index in [-0.39, 0.29) is 0 Å². The van der Waals surface area contributed by atoms with Crippen molar-refractivity contribution in [1.82, 2.24) is 4.98 Å². The Bertz CT molecular complexity index is 633. The number of benzene rings is 1. The number of nitrogens with zero attached hydrogens (tertiary/aromatic N) is 2. The van der Waals surface area contributed by atoms with Gasteiger partial charge in [0.1, 0.15) is 6.07 Å². The minimum atomic E-state index is 0.297. The molecule has 1 aromatic heterocycles. The molecule has 5 heteroatoms. The van der Waals surface area contributed by atoms with Gasteiger partial charge in [-0.2, -0.15) is 5.26 Å². The smallest absolute Gasteiger partial charge is 0.163 e. The van der Waals surface area contributed by atoms with Crippen LogP contribution >= 0.6 is 23.2 Å². The number of aromatic nitrogens is 1. The molecular formula is C13H9Cl2N3. The molecule has 0 spiro atoms. The zero-order valence-electron chi connectivity index (χ0n) is 9.54. The predicted molar refractivity (Wildman–Crippen MR) is 73.4 cm³/mol. The van der Waals surface area contributed by atoms with Crippen LogP contribution in [0, 0.1) is 18.3 Å². The second kappa shape index (κ2) is 5.26. The summed E-state index contributed by atoms with van der Waals surface area (Å²) in [7, 11) is 0. The predicted octanol–water partition coefficient (Wildman–Crippen LogP) is 4.31. The fraction of sp³-hybridized carbons (Fsp3) is 0.0769. The number of nitrogens with one attached hydrogen (secondary N) is 1. The molecule has 2 aromatic rings. The van der Waals surface area contributed by atoms with E-state index in [0.717, 1.165) is 5.56 Å². The van der Waals surface area contributed by atoms with Crippen LogP contribution in [0.3, 0.4) is 0 Å². The Morgan fingerprint density at radius 1 is 1.28 bits per heavy atom. The fourth-order valence-electron chi connectivity index (χ4n) is 1.50. The van der Waals surface area contributed by atoms with E-state index in [1.807, 2.05) is 19.1 Å². The van der Waals surface area contributed by atoms with E-state index in [9.17, 15) is 0 Å². The molecule has 0 unspecified atom stereocenters. The van der Waals surface area contributed by atoms with Gasteiger partial charge in [0.05, 0.1) is 21.4 Å². The first-order chi connectivity index (χ1) is 8.63. The Kier molecular flexibility index (Phi) is 3.71. The van der Waals surface area contributed by atoms with Gasteiger partial charge in [0.2, 0.25) is 0 Å². The van der Waals surface area contributed by atoms with Gasteiger partial charge in [-0.1, -0.05) is 29.3 Å². The molecule has 0 aliphatic heterocycles. The van der Waals surface area contributed by atoms with Crippen LogP contribution in [0.2, 0.25) is 10.0 Å². The van der Waals surface area contributed by atoms with Crippen LogP contribution in [0.5, 0.6) is 0 Å². The number of halogens is 2. The average Bonchev–Trinajstić information content (AvgIpc) is 2.39. The summed E-state index contributed by atoms with van der Waals surface area (Å²) in [6.07, 6.45) is 1.56. The van der Waals surface area contributed by atoms with E-state index < -0.39 is 0 Å². The van der Waals surface area contributed by atoms with Gasteiger partial charge in [-0.05, 0) is 30.7 Å². The lowest BCUT2D eigenvalue weighted by molar-refractivity contribution is 1.26. The van der Waals surface area contributed by atoms with Gasteiger partial charge in [0.15, 0.2) is 5.69 Å². The third kappa shape index (κ3) is 2.40. The summed E-state index contributed by atoms with van der Waals surface area (Å²) in [5.74, 6) is 0. The first kappa shape index (κ1) is 12.7. The lowest BCUT2D eigenvalue weighted by atomic mass is 10.2. The molecule has 0 amide bonds. The molecule has 0 aliphatic rings. The van der Waals surface area contributed by atoms with Crippen molar-refractivity contribution < 1.29 is 0 Å². The topological polar surface area (TPSA) is 48.7 Å². The number of rotatable bonds is 2. The summed E-state index contributed by atoms with van der Waals surface area (Å²) in [6, 6.07) is 9.09. The van der Waals surface area contributed by atoms with Crippen molar-refractivity contribution in [2.24, 2.45) is 0 Å². The number of anilines is 2. The second-order valence-corrected chi connectivity index (χ2v) is 4.47. The van der Waals surface area contributed by atoms with Crippen LogP contribution in [-0.2, 0) is 0 Å². The van der Waals surface area contributed by atoms with E-state index >= 15 is 0 Å². The lowest BCUT2D eigenvalue weighted by Crippen LogP contribution is -1.97. The van der Waals surface area contributed by atoms with Crippen molar-refractivity contribution in [1.29, 1.82) is 5.26 Å². The highest BCUT2D eigenvalue weighted by Crippen LogP contribution is 2.35. The number of hydrogen-bond donors (Lipinski definition) is 1. The van der Waals surface area contributed by atoms with Crippen molar-refractivity contribution in [2.75, 3.05) is 5.32 Å². The van der Waals surface area contributed by atoms with E-state index in [0.29, 0.717) is 27.1 Å². The Balaban J connectivity index is 2.47. The van der Waals surface area contributed by atoms with Crippen LogP contribution in [0.1, 0.15) is 11.3 Å². The van der Waals surface area contributed by atoms with Gasteiger partial charge in [-0.15, -0.1) is 0 Å². The van der Waals surface area contributed by atoms with E-state index in [1.54, 1.807) is 24.4 Å². The number of pyridine rings is 1. The monoisotopic (exact) mass is 277 g/mol. The molecule has 90 valence electrons. The zero-order valence-corrected chi connectivity index (χ0v) is 11.0. The van der Waals surface area contributed by atoms with Crippen LogP contribution < -0.4 is 5.32 Å². The molecule has 0 fully saturated rings. The van der Waals surface area contributed by atoms with Crippen LogP contribution in [-0.4, -0.2) is 4.98 Å². The summed E-state index contributed by atoms with van der Waals surface area (Å²) in [5, 5.41) is 13.1. The molecule has 0 bridgehead atoms. The fourth-order valence-corrected chi connectivity index (χ4v) is 1.97. The molecule has 1 aromatic carbocycles. The van der Waals surface area contributed by atoms with E-state index in [1.165, 1.54) is 0 Å². The van der Waals surface area contributed by atoms with Crippen molar-refractivity contribution in [3.63, 3.8) is 0 Å². The second-order valence-electron chi connectivity index (χ2n) is 3.69. The summed E-state index contributed by atoms with van der Waals surface area (Å²) < 4.78 is 0. The molecule has 1 N–H and O–H groups in total. The maximum Gasteiger partial charge on any atom is 0.163 e. The summed E-state index contributed by atoms with van der Waals surface area (Å²) in [6.45, 7) is 1.89. The molecule has 18 heavy (non-hydrogen) atoms. The van der Waals surface area contributed by atoms with Gasteiger partial charge < -0.3 is 5.32 Å². The van der Waals surface area contributed by atoms with Crippen LogP contribution in [0.15, 0.2) is 30.5 Å². The molecule has 0 aliphatic carbocycles. The normalized spacial score (nSPS) is 9.89. The molecule has 1 heterocycles. The summed E-state index contributed by atoms with van der Waals surface area (Å²) in [4.78, 5) is 3.97. The Labute approximate surface area is 115 Å². The highest BCUT2D eigenvalue weighted by Gasteiger charge is 2.10. The average molecular weight is 278 g/mol. The minimum absolute atomic E-state index is 0.297. The largest absolute Gasteiger partial charge is 0.351 e. The molecule has 0 radical (unpaired) electrons. The lowest BCUT2D eigenvalue weighted by Gasteiger charge is -2.12. The molecule has 0 atom stereocenters. The molecular weight excluding hydrogens is 269 g/mol. The van der Waals surface area contributed by atoms with E-state index in [2.05, 4.69) is 10.3 Å². The Morgan fingerprint density at radius 2 is 2.06 bits per heavy atom. The van der Waals surface area contributed by atoms with Gasteiger partial charge in [-0.3, -0.25) is 0 Å². The third-order valence-corrected chi connectivity index (χ3v) is 3.26. The number of aryl methyl sites for hydroxylation is 1. The quantitative estimate of drug-likeness (QED) is 0.890. The maximum absolute atomic E-state index is 8.97. The maximum atomic E-state index is 8.97. The van der Waals surface area contributed by atoms with Crippen LogP contribution in [0.25, 0.3) is 0 Å². The van der Waals surface area contributed by atoms with Crippen LogP contribution in [0.4, 0.5) is 11.4 Å². The molecule has 3 nitrogen and oxygen atoms in total. The van der Waals surface area contributed by atoms with Gasteiger partial charge in [-0.25, -0.2) is 4.98 Å². The van der Waals surface area contributed by atoms with Crippen molar-refractivity contribution in [3.8, 4) is 6.07 Å². The van der Waals surface area contributed by atoms with Crippen molar-refractivity contribution in [3.05, 3.63) is 51.8 Å².